The molecule has 0 atom stereocenters. The van der Waals surface area contributed by atoms with Crippen LogP contribution in [-0.2, 0) is 0 Å². The molecular formula is C18H27N3. The number of fused-ring (bicyclic) bond motifs is 1. The molecule has 0 amide bonds. The number of hydrogen-bond donors (Lipinski definition) is 0. The summed E-state index contributed by atoms with van der Waals surface area (Å²) in [6.45, 7) is 4.93. The highest BCUT2D eigenvalue weighted by Gasteiger charge is 2.20. The first-order chi connectivity index (χ1) is 10.2. The lowest BCUT2D eigenvalue weighted by Crippen LogP contribution is -2.36. The zero-order chi connectivity index (χ0) is 14.7. The second kappa shape index (κ2) is 6.63. The molecule has 114 valence electrons. The summed E-state index contributed by atoms with van der Waals surface area (Å²) in [5.74, 6) is 0. The van der Waals surface area contributed by atoms with Crippen LogP contribution in [0.4, 0.5) is 0 Å². The summed E-state index contributed by atoms with van der Waals surface area (Å²) in [7, 11) is 4.31. The van der Waals surface area contributed by atoms with E-state index < -0.39 is 0 Å². The molecule has 0 saturated carbocycles. The van der Waals surface area contributed by atoms with Crippen molar-refractivity contribution >= 4 is 10.9 Å². The first-order valence-corrected chi connectivity index (χ1v) is 8.17. The van der Waals surface area contributed by atoms with Crippen molar-refractivity contribution in [3.05, 3.63) is 36.5 Å². The Morgan fingerprint density at radius 3 is 2.62 bits per heavy atom. The molecule has 0 aliphatic carbocycles. The molecule has 2 aromatic rings. The molecule has 21 heavy (non-hydrogen) atoms. The highest BCUT2D eigenvalue weighted by atomic mass is 15.2. The molecule has 3 nitrogen and oxygen atoms in total. The number of para-hydroxylation sites is 1. The van der Waals surface area contributed by atoms with Gasteiger partial charge in [-0.3, -0.25) is 0 Å². The number of benzene rings is 1. The van der Waals surface area contributed by atoms with E-state index in [9.17, 15) is 0 Å². The minimum absolute atomic E-state index is 0.676. The maximum atomic E-state index is 2.63. The van der Waals surface area contributed by atoms with E-state index >= 15 is 0 Å². The summed E-state index contributed by atoms with van der Waals surface area (Å²) in [5, 5.41) is 1.37. The zero-order valence-corrected chi connectivity index (χ0v) is 13.3. The van der Waals surface area contributed by atoms with E-state index in [1.165, 1.54) is 56.3 Å². The van der Waals surface area contributed by atoms with Gasteiger partial charge in [-0.15, -0.1) is 0 Å². The number of aromatic nitrogens is 1. The van der Waals surface area contributed by atoms with Crippen LogP contribution in [0.5, 0.6) is 0 Å². The van der Waals surface area contributed by atoms with Crippen molar-refractivity contribution in [1.29, 1.82) is 0 Å². The molecule has 1 aliphatic heterocycles. The monoisotopic (exact) mass is 285 g/mol. The first-order valence-electron chi connectivity index (χ1n) is 8.17. The Morgan fingerprint density at radius 2 is 1.86 bits per heavy atom. The Labute approximate surface area is 128 Å². The van der Waals surface area contributed by atoms with E-state index in [0.717, 1.165) is 0 Å². The van der Waals surface area contributed by atoms with E-state index in [4.69, 9.17) is 0 Å². The van der Waals surface area contributed by atoms with Crippen molar-refractivity contribution in [2.24, 2.45) is 0 Å². The standard InChI is InChI=1S/C18H27N3/c1-19(2)11-5-12-20-13-9-17(10-14-20)21-15-8-16-6-3-4-7-18(16)21/h3-4,6-8,15,17H,5,9-14H2,1-2H3. The van der Waals surface area contributed by atoms with Crippen molar-refractivity contribution in [2.45, 2.75) is 25.3 Å². The van der Waals surface area contributed by atoms with Crippen LogP contribution in [-0.4, -0.2) is 54.6 Å². The van der Waals surface area contributed by atoms with Crippen LogP contribution in [0.3, 0.4) is 0 Å². The average molecular weight is 285 g/mol. The summed E-state index contributed by atoms with van der Waals surface area (Å²) in [6.07, 6.45) is 6.11. The van der Waals surface area contributed by atoms with E-state index in [0.29, 0.717) is 6.04 Å². The van der Waals surface area contributed by atoms with Gasteiger partial charge in [-0.05, 0) is 64.0 Å². The lowest BCUT2D eigenvalue weighted by Gasteiger charge is -2.33. The summed E-state index contributed by atoms with van der Waals surface area (Å²) in [6, 6.07) is 11.7. The van der Waals surface area contributed by atoms with Crippen LogP contribution in [0.2, 0.25) is 0 Å². The van der Waals surface area contributed by atoms with Crippen LogP contribution in [0.25, 0.3) is 10.9 Å². The van der Waals surface area contributed by atoms with Gasteiger partial charge in [0.15, 0.2) is 0 Å². The molecule has 3 rings (SSSR count). The van der Waals surface area contributed by atoms with Crippen LogP contribution in [0, 0.1) is 0 Å². The largest absolute Gasteiger partial charge is 0.344 e. The molecule has 1 aromatic heterocycles. The third-order valence-corrected chi connectivity index (χ3v) is 4.66. The fourth-order valence-electron chi connectivity index (χ4n) is 3.45. The molecule has 1 aliphatic rings. The smallest absolute Gasteiger partial charge is 0.0482 e. The SMILES string of the molecule is CN(C)CCCN1CCC(n2ccc3ccccc32)CC1. The normalized spacial score (nSPS) is 17.9. The summed E-state index contributed by atoms with van der Waals surface area (Å²) in [4.78, 5) is 4.91. The van der Waals surface area contributed by atoms with E-state index in [2.05, 4.69) is 65.0 Å². The molecule has 1 aromatic carbocycles. The third kappa shape index (κ3) is 3.47. The summed E-state index contributed by atoms with van der Waals surface area (Å²) >= 11 is 0. The van der Waals surface area contributed by atoms with Gasteiger partial charge < -0.3 is 14.4 Å². The number of piperidine rings is 1. The maximum absolute atomic E-state index is 2.63. The Bertz CT molecular complexity index is 565. The number of rotatable bonds is 5. The minimum Gasteiger partial charge on any atom is -0.344 e. The van der Waals surface area contributed by atoms with Gasteiger partial charge in [-0.2, -0.15) is 0 Å². The predicted octanol–water partition coefficient (Wildman–Crippen LogP) is 3.23. The van der Waals surface area contributed by atoms with Crippen LogP contribution in [0.1, 0.15) is 25.3 Å². The van der Waals surface area contributed by atoms with Crippen molar-refractivity contribution in [3.8, 4) is 0 Å². The lowest BCUT2D eigenvalue weighted by molar-refractivity contribution is 0.181. The van der Waals surface area contributed by atoms with Crippen LogP contribution >= 0.6 is 0 Å². The molecule has 0 bridgehead atoms. The lowest BCUT2D eigenvalue weighted by atomic mass is 10.0. The van der Waals surface area contributed by atoms with E-state index in [1.54, 1.807) is 0 Å². The van der Waals surface area contributed by atoms with Crippen molar-refractivity contribution < 1.29 is 0 Å². The molecule has 1 saturated heterocycles. The van der Waals surface area contributed by atoms with Gasteiger partial charge >= 0.3 is 0 Å². The van der Waals surface area contributed by atoms with E-state index in [-0.39, 0.29) is 0 Å². The van der Waals surface area contributed by atoms with Crippen molar-refractivity contribution in [2.75, 3.05) is 40.3 Å². The highest BCUT2D eigenvalue weighted by molar-refractivity contribution is 5.80. The topological polar surface area (TPSA) is 11.4 Å². The first kappa shape index (κ1) is 14.6. The average Bonchev–Trinajstić information content (AvgIpc) is 2.92. The third-order valence-electron chi connectivity index (χ3n) is 4.66. The van der Waals surface area contributed by atoms with Gasteiger partial charge in [0.2, 0.25) is 0 Å². The second-order valence-corrected chi connectivity index (χ2v) is 6.51. The minimum atomic E-state index is 0.676. The Balaban J connectivity index is 1.56. The summed E-state index contributed by atoms with van der Waals surface area (Å²) < 4.78 is 2.49. The Kier molecular flexibility index (Phi) is 4.61. The predicted molar refractivity (Wildman–Crippen MR) is 89.8 cm³/mol. The molecular weight excluding hydrogens is 258 g/mol. The van der Waals surface area contributed by atoms with Gasteiger partial charge in [-0.25, -0.2) is 0 Å². The van der Waals surface area contributed by atoms with Gasteiger partial charge in [0.05, 0.1) is 0 Å². The fraction of sp³-hybridized carbons (Fsp3) is 0.556. The number of hydrogen-bond acceptors (Lipinski definition) is 2. The Hall–Kier alpha value is -1.32. The molecule has 3 heteroatoms. The van der Waals surface area contributed by atoms with E-state index in [1.807, 2.05) is 0 Å². The molecule has 1 fully saturated rings. The van der Waals surface area contributed by atoms with Crippen molar-refractivity contribution in [1.82, 2.24) is 14.4 Å². The molecule has 0 radical (unpaired) electrons. The molecule has 0 N–H and O–H groups in total. The fourth-order valence-corrected chi connectivity index (χ4v) is 3.45. The number of nitrogens with zero attached hydrogens (tertiary/aromatic N) is 3. The maximum Gasteiger partial charge on any atom is 0.0482 e. The van der Waals surface area contributed by atoms with Gasteiger partial charge in [0, 0.05) is 30.8 Å². The zero-order valence-electron chi connectivity index (χ0n) is 13.3. The number of likely N-dealkylation sites (tertiary alicyclic amines) is 1. The summed E-state index contributed by atoms with van der Waals surface area (Å²) in [5.41, 5.74) is 1.39. The highest BCUT2D eigenvalue weighted by Crippen LogP contribution is 2.27. The van der Waals surface area contributed by atoms with Crippen LogP contribution < -0.4 is 0 Å². The molecule has 0 unspecified atom stereocenters. The van der Waals surface area contributed by atoms with Gasteiger partial charge in [-0.1, -0.05) is 18.2 Å². The van der Waals surface area contributed by atoms with Gasteiger partial charge in [0.1, 0.15) is 0 Å². The van der Waals surface area contributed by atoms with Crippen molar-refractivity contribution in [3.63, 3.8) is 0 Å². The quantitative estimate of drug-likeness (QED) is 0.835. The van der Waals surface area contributed by atoms with Crippen LogP contribution in [0.15, 0.2) is 36.5 Å². The van der Waals surface area contributed by atoms with Gasteiger partial charge in [0.25, 0.3) is 0 Å². The Morgan fingerprint density at radius 1 is 1.10 bits per heavy atom. The second-order valence-electron chi connectivity index (χ2n) is 6.51. The molecule has 2 heterocycles. The molecule has 0 spiro atoms.